The number of pyridine rings is 1. The van der Waals surface area contributed by atoms with E-state index in [4.69, 9.17) is 10.4 Å². The lowest BCUT2D eigenvalue weighted by Crippen LogP contribution is -2.00. The summed E-state index contributed by atoms with van der Waals surface area (Å²) in [5, 5.41) is 10.8. The first-order valence-electron chi connectivity index (χ1n) is 7.53. The number of imidazole rings is 1. The van der Waals surface area contributed by atoms with Crippen molar-refractivity contribution in [1.82, 2.24) is 24.8 Å². The van der Waals surface area contributed by atoms with Gasteiger partial charge >= 0.3 is 0 Å². The van der Waals surface area contributed by atoms with Crippen LogP contribution in [0.2, 0.25) is 0 Å². The molecule has 0 aliphatic carbocycles. The van der Waals surface area contributed by atoms with Crippen molar-refractivity contribution in [3.05, 3.63) is 42.6 Å². The summed E-state index contributed by atoms with van der Waals surface area (Å²) in [6.45, 7) is 2.73. The molecule has 0 amide bonds. The number of fused-ring (bicyclic) bond motifs is 1. The summed E-state index contributed by atoms with van der Waals surface area (Å²) in [6, 6.07) is 11.8. The Labute approximate surface area is 137 Å². The number of hydrogen-bond donors (Lipinski definition) is 2. The molecule has 0 aliphatic heterocycles. The zero-order valence-electron chi connectivity index (χ0n) is 13.0. The van der Waals surface area contributed by atoms with E-state index < -0.39 is 0 Å². The average molecular weight is 321 g/mol. The number of hydrogen-bond acceptors (Lipinski definition) is 7. The highest BCUT2D eigenvalue weighted by molar-refractivity contribution is 5.83. The van der Waals surface area contributed by atoms with Gasteiger partial charge < -0.3 is 15.6 Å². The average Bonchev–Trinajstić information content (AvgIpc) is 3.18. The fourth-order valence-electron chi connectivity index (χ4n) is 2.62. The molecule has 3 heterocycles. The molecule has 4 rings (SSSR count). The molecule has 120 valence electrons. The summed E-state index contributed by atoms with van der Waals surface area (Å²) in [6.07, 6.45) is 1.72. The molecule has 0 saturated heterocycles. The Morgan fingerprint density at radius 3 is 2.75 bits per heavy atom. The highest BCUT2D eigenvalue weighted by Crippen LogP contribution is 2.27. The number of para-hydroxylation sites is 1. The summed E-state index contributed by atoms with van der Waals surface area (Å²) in [4.78, 5) is 8.98. The van der Waals surface area contributed by atoms with Crippen LogP contribution < -0.4 is 11.1 Å². The van der Waals surface area contributed by atoms with Gasteiger partial charge in [-0.25, -0.2) is 14.6 Å². The van der Waals surface area contributed by atoms with Gasteiger partial charge in [-0.15, -0.1) is 0 Å². The highest BCUT2D eigenvalue weighted by Gasteiger charge is 2.18. The minimum Gasteiger partial charge on any atom is -0.379 e. The minimum absolute atomic E-state index is 0.218. The van der Waals surface area contributed by atoms with Gasteiger partial charge in [0.15, 0.2) is 17.3 Å². The maximum atomic E-state index is 5.80. The lowest BCUT2D eigenvalue weighted by Gasteiger charge is -2.07. The number of nitrogens with zero attached hydrogens (tertiary/aromatic N) is 5. The quantitative estimate of drug-likeness (QED) is 0.595. The molecule has 0 atom stereocenters. The van der Waals surface area contributed by atoms with Crippen molar-refractivity contribution < 1.29 is 4.63 Å². The van der Waals surface area contributed by atoms with Crippen LogP contribution in [-0.2, 0) is 6.54 Å². The maximum Gasteiger partial charge on any atom is 0.199 e. The van der Waals surface area contributed by atoms with E-state index in [0.29, 0.717) is 18.1 Å². The van der Waals surface area contributed by atoms with Gasteiger partial charge in [-0.1, -0.05) is 18.2 Å². The van der Waals surface area contributed by atoms with E-state index in [1.807, 2.05) is 47.9 Å². The van der Waals surface area contributed by atoms with E-state index in [1.54, 1.807) is 6.20 Å². The predicted molar refractivity (Wildman–Crippen MR) is 90.6 cm³/mol. The molecule has 8 heteroatoms. The van der Waals surface area contributed by atoms with Crippen molar-refractivity contribution in [3.8, 4) is 11.5 Å². The van der Waals surface area contributed by atoms with Crippen molar-refractivity contribution in [1.29, 1.82) is 0 Å². The molecule has 4 aromatic rings. The van der Waals surface area contributed by atoms with Crippen LogP contribution in [-0.4, -0.2) is 24.8 Å². The SMILES string of the molecule is CCn1c(-c2nonc2N)nc2cnc(Nc3ccccc3)cc21. The number of rotatable bonds is 4. The molecule has 0 fully saturated rings. The van der Waals surface area contributed by atoms with E-state index in [2.05, 4.69) is 25.6 Å². The first kappa shape index (κ1) is 14.2. The van der Waals surface area contributed by atoms with Crippen LogP contribution in [0.15, 0.2) is 47.2 Å². The summed E-state index contributed by atoms with van der Waals surface area (Å²) in [5.41, 5.74) is 8.90. The Hall–Kier alpha value is -3.42. The third-order valence-electron chi connectivity index (χ3n) is 3.72. The van der Waals surface area contributed by atoms with Crippen molar-refractivity contribution >= 4 is 28.4 Å². The van der Waals surface area contributed by atoms with Crippen LogP contribution in [0.1, 0.15) is 6.92 Å². The Balaban J connectivity index is 1.80. The van der Waals surface area contributed by atoms with Gasteiger partial charge in [0.25, 0.3) is 0 Å². The van der Waals surface area contributed by atoms with Gasteiger partial charge in [0.2, 0.25) is 0 Å². The van der Waals surface area contributed by atoms with Crippen LogP contribution in [0.25, 0.3) is 22.6 Å². The van der Waals surface area contributed by atoms with Gasteiger partial charge in [-0.3, -0.25) is 0 Å². The van der Waals surface area contributed by atoms with Crippen LogP contribution in [0.5, 0.6) is 0 Å². The van der Waals surface area contributed by atoms with E-state index in [1.165, 1.54) is 0 Å². The number of nitrogens with one attached hydrogen (secondary N) is 1. The number of anilines is 3. The summed E-state index contributed by atoms with van der Waals surface area (Å²) in [5.74, 6) is 1.57. The molecule has 3 N–H and O–H groups in total. The van der Waals surface area contributed by atoms with Gasteiger partial charge in [0.05, 0.1) is 11.7 Å². The lowest BCUT2D eigenvalue weighted by atomic mass is 10.3. The standard InChI is InChI=1S/C16H15N7O/c1-2-23-12-8-13(19-10-6-4-3-5-7-10)18-9-11(12)20-16(23)14-15(17)22-24-21-14/h3-9H,2H2,1H3,(H2,17,22)(H,18,19). The summed E-state index contributed by atoms with van der Waals surface area (Å²) >= 11 is 0. The molecule has 0 aliphatic rings. The second kappa shape index (κ2) is 5.65. The van der Waals surface area contributed by atoms with E-state index >= 15 is 0 Å². The van der Waals surface area contributed by atoms with Gasteiger partial charge in [0, 0.05) is 18.3 Å². The molecule has 0 bridgehead atoms. The van der Waals surface area contributed by atoms with Crippen molar-refractivity contribution in [3.63, 3.8) is 0 Å². The summed E-state index contributed by atoms with van der Waals surface area (Å²) in [7, 11) is 0. The lowest BCUT2D eigenvalue weighted by molar-refractivity contribution is 0.310. The highest BCUT2D eigenvalue weighted by atomic mass is 16.6. The van der Waals surface area contributed by atoms with E-state index in [9.17, 15) is 0 Å². The number of nitrogens with two attached hydrogens (primary N) is 1. The number of aryl methyl sites for hydroxylation is 1. The third-order valence-corrected chi connectivity index (χ3v) is 3.72. The molecular formula is C16H15N7O. The zero-order valence-corrected chi connectivity index (χ0v) is 13.0. The molecule has 24 heavy (non-hydrogen) atoms. The van der Waals surface area contributed by atoms with Crippen molar-refractivity contribution in [2.75, 3.05) is 11.1 Å². The first-order chi connectivity index (χ1) is 11.8. The molecule has 0 unspecified atom stereocenters. The van der Waals surface area contributed by atoms with E-state index in [0.717, 1.165) is 22.5 Å². The molecule has 3 aromatic heterocycles. The molecular weight excluding hydrogens is 306 g/mol. The monoisotopic (exact) mass is 321 g/mol. The molecule has 1 aromatic carbocycles. The predicted octanol–water partition coefficient (Wildman–Crippen LogP) is 2.83. The van der Waals surface area contributed by atoms with Gasteiger partial charge in [-0.05, 0) is 29.4 Å². The van der Waals surface area contributed by atoms with Crippen molar-refractivity contribution in [2.24, 2.45) is 0 Å². The van der Waals surface area contributed by atoms with Crippen molar-refractivity contribution in [2.45, 2.75) is 13.5 Å². The van der Waals surface area contributed by atoms with Crippen LogP contribution >= 0.6 is 0 Å². The molecule has 0 saturated carbocycles. The van der Waals surface area contributed by atoms with Crippen LogP contribution in [0.3, 0.4) is 0 Å². The Morgan fingerprint density at radius 1 is 1.21 bits per heavy atom. The summed E-state index contributed by atoms with van der Waals surface area (Å²) < 4.78 is 6.69. The van der Waals surface area contributed by atoms with E-state index in [-0.39, 0.29) is 5.82 Å². The second-order valence-electron chi connectivity index (χ2n) is 5.23. The third kappa shape index (κ3) is 2.34. The molecule has 0 radical (unpaired) electrons. The Bertz CT molecular complexity index is 990. The van der Waals surface area contributed by atoms with Crippen LogP contribution in [0.4, 0.5) is 17.3 Å². The number of benzene rings is 1. The second-order valence-corrected chi connectivity index (χ2v) is 5.23. The Kier molecular flexibility index (Phi) is 3.34. The van der Waals surface area contributed by atoms with Gasteiger partial charge in [-0.2, -0.15) is 0 Å². The van der Waals surface area contributed by atoms with Gasteiger partial charge in [0.1, 0.15) is 11.3 Å². The molecule has 8 nitrogen and oxygen atoms in total. The largest absolute Gasteiger partial charge is 0.379 e. The fraction of sp³-hybridized carbons (Fsp3) is 0.125. The number of aromatic nitrogens is 5. The Morgan fingerprint density at radius 2 is 2.04 bits per heavy atom. The zero-order chi connectivity index (χ0) is 16.5. The smallest absolute Gasteiger partial charge is 0.199 e. The number of nitrogen functional groups attached to an aromatic ring is 1. The molecule has 0 spiro atoms. The first-order valence-corrected chi connectivity index (χ1v) is 7.53. The fourth-order valence-corrected chi connectivity index (χ4v) is 2.62. The normalized spacial score (nSPS) is 11.0. The topological polar surface area (TPSA) is 108 Å². The maximum absolute atomic E-state index is 5.80. The minimum atomic E-state index is 0.218. The van der Waals surface area contributed by atoms with Crippen LogP contribution in [0, 0.1) is 0 Å².